The molecule has 0 amide bonds. The molecule has 1 aliphatic heterocycles. The second-order valence-corrected chi connectivity index (χ2v) is 3.77. The molecule has 0 radical (unpaired) electrons. The summed E-state index contributed by atoms with van der Waals surface area (Å²) in [5.41, 5.74) is 1.61. The Morgan fingerprint density at radius 1 is 1.62 bits per heavy atom. The van der Waals surface area contributed by atoms with Gasteiger partial charge in [-0.15, -0.1) is 0 Å². The monoisotopic (exact) mass is 202 g/mol. The summed E-state index contributed by atoms with van der Waals surface area (Å²) < 4.78 is 0. The fourth-order valence-electron chi connectivity index (χ4n) is 1.87. The summed E-state index contributed by atoms with van der Waals surface area (Å²) in [5.74, 6) is 0. The maximum Gasteiger partial charge on any atom is 0.0195 e. The van der Waals surface area contributed by atoms with Crippen molar-refractivity contribution in [1.29, 1.82) is 0 Å². The molecule has 3 heteroatoms. The van der Waals surface area contributed by atoms with Gasteiger partial charge in [0, 0.05) is 24.7 Å². The summed E-state index contributed by atoms with van der Waals surface area (Å²) in [7, 11) is 0. The van der Waals surface area contributed by atoms with Crippen molar-refractivity contribution in [3.05, 3.63) is 11.6 Å². The van der Waals surface area contributed by atoms with Crippen LogP contribution in [0.15, 0.2) is 11.6 Å². The first-order valence-electron chi connectivity index (χ1n) is 5.07. The largest absolute Gasteiger partial charge is 0.313 e. The van der Waals surface area contributed by atoms with Crippen LogP contribution in [0.1, 0.15) is 19.8 Å². The third-order valence-corrected chi connectivity index (χ3v) is 2.63. The van der Waals surface area contributed by atoms with Crippen LogP contribution >= 0.6 is 11.6 Å². The average Bonchev–Trinajstić information content (AvgIpc) is 2.16. The van der Waals surface area contributed by atoms with E-state index in [4.69, 9.17) is 11.6 Å². The van der Waals surface area contributed by atoms with E-state index in [1.165, 1.54) is 19.4 Å². The lowest BCUT2D eigenvalue weighted by Gasteiger charge is -2.32. The van der Waals surface area contributed by atoms with Gasteiger partial charge in [0.2, 0.25) is 0 Å². The van der Waals surface area contributed by atoms with Crippen molar-refractivity contribution in [2.24, 2.45) is 0 Å². The van der Waals surface area contributed by atoms with Gasteiger partial charge in [-0.25, -0.2) is 0 Å². The molecule has 1 unspecified atom stereocenters. The molecule has 1 rings (SSSR count). The zero-order valence-electron chi connectivity index (χ0n) is 8.30. The average molecular weight is 203 g/mol. The van der Waals surface area contributed by atoms with Crippen LogP contribution in [-0.4, -0.2) is 37.1 Å². The summed E-state index contributed by atoms with van der Waals surface area (Å²) in [6.45, 7) is 6.60. The van der Waals surface area contributed by atoms with Gasteiger partial charge in [-0.05, 0) is 25.9 Å². The Bertz CT molecular complexity index is 157. The van der Waals surface area contributed by atoms with E-state index in [0.29, 0.717) is 6.04 Å². The van der Waals surface area contributed by atoms with E-state index in [1.54, 1.807) is 5.54 Å². The van der Waals surface area contributed by atoms with Crippen LogP contribution in [0.2, 0.25) is 0 Å². The molecule has 0 aromatic heterocycles. The molecule has 1 atom stereocenters. The Labute approximate surface area is 85.9 Å². The number of hydrogen-bond donors (Lipinski definition) is 1. The molecule has 0 saturated carbocycles. The van der Waals surface area contributed by atoms with E-state index in [0.717, 1.165) is 19.6 Å². The summed E-state index contributed by atoms with van der Waals surface area (Å²) in [5, 5.41) is 3.49. The van der Waals surface area contributed by atoms with Crippen molar-refractivity contribution in [2.75, 3.05) is 26.2 Å². The Morgan fingerprint density at radius 3 is 3.15 bits per heavy atom. The molecule has 1 N–H and O–H groups in total. The number of nitrogens with one attached hydrogen (secondary N) is 1. The van der Waals surface area contributed by atoms with Crippen LogP contribution in [0, 0.1) is 0 Å². The highest BCUT2D eigenvalue weighted by Gasteiger charge is 2.17. The number of likely N-dealkylation sites (N-methyl/N-ethyl adjacent to an activating group) is 1. The number of halogens is 1. The van der Waals surface area contributed by atoms with Gasteiger partial charge in [0.25, 0.3) is 0 Å². The van der Waals surface area contributed by atoms with Crippen molar-refractivity contribution in [3.63, 3.8) is 0 Å². The highest BCUT2D eigenvalue weighted by atomic mass is 35.5. The van der Waals surface area contributed by atoms with Gasteiger partial charge in [-0.3, -0.25) is 4.90 Å². The Morgan fingerprint density at radius 2 is 2.46 bits per heavy atom. The van der Waals surface area contributed by atoms with Crippen molar-refractivity contribution in [1.82, 2.24) is 10.2 Å². The highest BCUT2D eigenvalue weighted by molar-refractivity contribution is 6.25. The minimum Gasteiger partial charge on any atom is -0.313 e. The van der Waals surface area contributed by atoms with Crippen LogP contribution in [0.4, 0.5) is 0 Å². The van der Waals surface area contributed by atoms with Gasteiger partial charge in [0.05, 0.1) is 0 Å². The molecule has 0 aromatic carbocycles. The fraction of sp³-hybridized carbons (Fsp3) is 0.800. The Balaban J connectivity index is 2.24. The van der Waals surface area contributed by atoms with Crippen LogP contribution in [0.25, 0.3) is 0 Å². The first kappa shape index (κ1) is 11.0. The predicted molar refractivity (Wildman–Crippen MR) is 58.1 cm³/mol. The molecule has 13 heavy (non-hydrogen) atoms. The molecular formula is C10H19ClN2. The molecule has 0 bridgehead atoms. The second kappa shape index (κ2) is 6.41. The Kier molecular flexibility index (Phi) is 5.44. The SMILES string of the molecule is CCNC1CCCN(C/C=C/Cl)C1. The molecular weight excluding hydrogens is 184 g/mol. The molecule has 1 saturated heterocycles. The molecule has 1 heterocycles. The first-order chi connectivity index (χ1) is 6.36. The van der Waals surface area contributed by atoms with Gasteiger partial charge >= 0.3 is 0 Å². The zero-order chi connectivity index (χ0) is 9.52. The lowest BCUT2D eigenvalue weighted by Crippen LogP contribution is -2.45. The minimum absolute atomic E-state index is 0.683. The fourth-order valence-corrected chi connectivity index (χ4v) is 1.95. The number of piperidine rings is 1. The van der Waals surface area contributed by atoms with E-state index in [-0.39, 0.29) is 0 Å². The van der Waals surface area contributed by atoms with Gasteiger partial charge in [0.15, 0.2) is 0 Å². The topological polar surface area (TPSA) is 15.3 Å². The number of rotatable bonds is 4. The first-order valence-corrected chi connectivity index (χ1v) is 5.51. The quantitative estimate of drug-likeness (QED) is 0.748. The lowest BCUT2D eigenvalue weighted by atomic mass is 10.1. The molecule has 0 spiro atoms. The molecule has 1 aliphatic rings. The van der Waals surface area contributed by atoms with Gasteiger partial charge in [-0.2, -0.15) is 0 Å². The number of likely N-dealkylation sites (tertiary alicyclic amines) is 1. The van der Waals surface area contributed by atoms with Crippen LogP contribution < -0.4 is 5.32 Å². The molecule has 0 aromatic rings. The standard InChI is InChI=1S/C10H19ClN2/c1-2-12-10-5-3-7-13(9-10)8-4-6-11/h4,6,10,12H,2-3,5,7-9H2,1H3/b6-4+. The van der Waals surface area contributed by atoms with E-state index in [2.05, 4.69) is 17.1 Å². The van der Waals surface area contributed by atoms with Gasteiger partial charge in [-0.1, -0.05) is 24.6 Å². The van der Waals surface area contributed by atoms with Crippen molar-refractivity contribution >= 4 is 11.6 Å². The molecule has 2 nitrogen and oxygen atoms in total. The smallest absolute Gasteiger partial charge is 0.0195 e. The maximum atomic E-state index is 5.50. The number of nitrogens with zero attached hydrogens (tertiary/aromatic N) is 1. The predicted octanol–water partition coefficient (Wildman–Crippen LogP) is 1.81. The summed E-state index contributed by atoms with van der Waals surface area (Å²) in [6, 6.07) is 0.683. The minimum atomic E-state index is 0.683. The van der Waals surface area contributed by atoms with E-state index < -0.39 is 0 Å². The summed E-state index contributed by atoms with van der Waals surface area (Å²) in [4.78, 5) is 2.44. The second-order valence-electron chi connectivity index (χ2n) is 3.52. The van der Waals surface area contributed by atoms with Gasteiger partial charge in [0.1, 0.15) is 0 Å². The van der Waals surface area contributed by atoms with Crippen LogP contribution in [-0.2, 0) is 0 Å². The molecule has 76 valence electrons. The summed E-state index contributed by atoms with van der Waals surface area (Å²) in [6.07, 6.45) is 4.62. The lowest BCUT2D eigenvalue weighted by molar-refractivity contribution is 0.209. The summed E-state index contributed by atoms with van der Waals surface area (Å²) >= 11 is 5.50. The Hall–Kier alpha value is -0.0500. The third-order valence-electron chi connectivity index (χ3n) is 2.45. The molecule has 1 fully saturated rings. The van der Waals surface area contributed by atoms with E-state index in [1.807, 2.05) is 6.08 Å². The third kappa shape index (κ3) is 4.12. The molecule has 0 aliphatic carbocycles. The zero-order valence-corrected chi connectivity index (χ0v) is 9.06. The van der Waals surface area contributed by atoms with Gasteiger partial charge < -0.3 is 5.32 Å². The highest BCUT2D eigenvalue weighted by Crippen LogP contribution is 2.09. The number of hydrogen-bond acceptors (Lipinski definition) is 2. The van der Waals surface area contributed by atoms with Crippen LogP contribution in [0.3, 0.4) is 0 Å². The maximum absolute atomic E-state index is 5.50. The van der Waals surface area contributed by atoms with E-state index in [9.17, 15) is 0 Å². The van der Waals surface area contributed by atoms with Crippen LogP contribution in [0.5, 0.6) is 0 Å². The van der Waals surface area contributed by atoms with Crippen molar-refractivity contribution < 1.29 is 0 Å². The van der Waals surface area contributed by atoms with Crippen molar-refractivity contribution in [2.45, 2.75) is 25.8 Å². The van der Waals surface area contributed by atoms with E-state index >= 15 is 0 Å². The van der Waals surface area contributed by atoms with Crippen molar-refractivity contribution in [3.8, 4) is 0 Å². The normalized spacial score (nSPS) is 25.5.